The van der Waals surface area contributed by atoms with Gasteiger partial charge in [-0.15, -0.1) is 0 Å². The first-order valence-corrected chi connectivity index (χ1v) is 27.4. The molecule has 76 heavy (non-hydrogen) atoms. The molecule has 1 nitrogen and oxygen atoms in total. The van der Waals surface area contributed by atoms with Crippen LogP contribution in [0, 0.1) is 5.92 Å². The van der Waals surface area contributed by atoms with Crippen molar-refractivity contribution in [1.29, 1.82) is 0 Å². The zero-order valence-electron chi connectivity index (χ0n) is 41.8. The van der Waals surface area contributed by atoms with Crippen molar-refractivity contribution >= 4 is 22.6 Å². The fourth-order valence-electron chi connectivity index (χ4n) is 16.9. The van der Waals surface area contributed by atoms with Gasteiger partial charge in [-0.2, -0.15) is 0 Å². The summed E-state index contributed by atoms with van der Waals surface area (Å²) >= 11 is 0. The molecule has 354 valence electrons. The Hall–Kier alpha value is -9.04. The summed E-state index contributed by atoms with van der Waals surface area (Å²) in [6.45, 7) is 0. The average Bonchev–Trinajstić information content (AvgIpc) is 4.31. The Morgan fingerprint density at radius 3 is 1.26 bits per heavy atom. The second kappa shape index (κ2) is 14.6. The van der Waals surface area contributed by atoms with Crippen molar-refractivity contribution in [1.82, 2.24) is 0 Å². The summed E-state index contributed by atoms with van der Waals surface area (Å²) in [6.07, 6.45) is 16.5. The molecule has 10 aromatic rings. The van der Waals surface area contributed by atoms with E-state index in [1.807, 2.05) is 0 Å². The fourth-order valence-corrected chi connectivity index (χ4v) is 16.9. The highest BCUT2D eigenvalue weighted by Gasteiger charge is 2.58. The van der Waals surface area contributed by atoms with E-state index in [0.29, 0.717) is 0 Å². The molecule has 0 heterocycles. The van der Waals surface area contributed by atoms with Crippen LogP contribution in [0.1, 0.15) is 85.5 Å². The van der Waals surface area contributed by atoms with Crippen LogP contribution >= 0.6 is 0 Å². The van der Waals surface area contributed by atoms with Crippen molar-refractivity contribution in [2.24, 2.45) is 5.92 Å². The van der Waals surface area contributed by atoms with Gasteiger partial charge >= 0.3 is 0 Å². The van der Waals surface area contributed by atoms with Gasteiger partial charge < -0.3 is 4.90 Å². The van der Waals surface area contributed by atoms with Gasteiger partial charge in [0.05, 0.1) is 16.2 Å². The fraction of sp³-hybridized carbons (Fsp3) is 0.0933. The van der Waals surface area contributed by atoms with Crippen LogP contribution < -0.4 is 4.90 Å². The summed E-state index contributed by atoms with van der Waals surface area (Å²) in [6, 6.07) is 87.1. The number of benzene rings is 10. The van der Waals surface area contributed by atoms with Crippen molar-refractivity contribution in [2.75, 3.05) is 4.90 Å². The van der Waals surface area contributed by atoms with Crippen molar-refractivity contribution in [3.8, 4) is 44.5 Å². The summed E-state index contributed by atoms with van der Waals surface area (Å²) in [5.41, 5.74) is 32.3. The number of hydrogen-bond acceptors (Lipinski definition) is 1. The van der Waals surface area contributed by atoms with Gasteiger partial charge in [0.15, 0.2) is 0 Å². The maximum atomic E-state index is 2.63. The van der Waals surface area contributed by atoms with Crippen molar-refractivity contribution in [2.45, 2.75) is 35.0 Å². The lowest BCUT2D eigenvalue weighted by Crippen LogP contribution is -2.33. The van der Waals surface area contributed by atoms with Crippen molar-refractivity contribution in [3.05, 3.63) is 333 Å². The molecule has 0 aromatic heterocycles. The van der Waals surface area contributed by atoms with E-state index in [2.05, 4.69) is 266 Å². The van der Waals surface area contributed by atoms with Gasteiger partial charge in [-0.25, -0.2) is 0 Å². The molecule has 0 bridgehead atoms. The summed E-state index contributed by atoms with van der Waals surface area (Å²) in [5.74, 6) is 0.477. The topological polar surface area (TPSA) is 3.24 Å². The Morgan fingerprint density at radius 1 is 0.342 bits per heavy atom. The standard InChI is InChI=1S/C75H49N/c1-10-28-61-49(19-1)50-20-2-11-29-62(50)73(61)67-34-16-7-25-55(67)58-40-37-46(43-70(58)73)76(47-38-41-59-56-26-8-17-35-68(56)74(71(59)44-47)63-30-12-3-21-51(63)52-22-4-13-31-64(52)74)48-39-42-60-57-27-9-18-36-69(57)75(72(60)45-48)65-32-14-5-23-53(65)54-24-6-15-33-66(54)75/h1-8,10-26,28-45,55,67H,9,27H2. The van der Waals surface area contributed by atoms with Gasteiger partial charge in [0.25, 0.3) is 0 Å². The summed E-state index contributed by atoms with van der Waals surface area (Å²) in [5, 5.41) is 0. The van der Waals surface area contributed by atoms with E-state index in [4.69, 9.17) is 0 Å². The zero-order valence-corrected chi connectivity index (χ0v) is 41.8. The Balaban J connectivity index is 0.931. The first kappa shape index (κ1) is 41.3. The smallest absolute Gasteiger partial charge is 0.0726 e. The predicted octanol–water partition coefficient (Wildman–Crippen LogP) is 18.1. The molecule has 0 amide bonds. The van der Waals surface area contributed by atoms with Crippen LogP contribution in [-0.4, -0.2) is 0 Å². The number of nitrogens with zero attached hydrogens (tertiary/aromatic N) is 1. The molecule has 1 heteroatoms. The number of rotatable bonds is 3. The molecule has 0 N–H and O–H groups in total. The molecule has 2 atom stereocenters. The molecule has 3 spiro atoms. The summed E-state index contributed by atoms with van der Waals surface area (Å²) < 4.78 is 0. The molecule has 0 saturated carbocycles. The number of hydrogen-bond donors (Lipinski definition) is 0. The largest absolute Gasteiger partial charge is 0.310 e. The number of fused-ring (bicyclic) bond motifs is 29. The molecular weight excluding hydrogens is 915 g/mol. The second-order valence-corrected chi connectivity index (χ2v) is 22.3. The third-order valence-electron chi connectivity index (χ3n) is 19.5. The summed E-state index contributed by atoms with van der Waals surface area (Å²) in [4.78, 5) is 2.63. The lowest BCUT2D eigenvalue weighted by molar-refractivity contribution is 0.465. The molecule has 0 aliphatic heterocycles. The van der Waals surface area contributed by atoms with Crippen LogP contribution in [0.5, 0.6) is 0 Å². The average molecular weight is 964 g/mol. The van der Waals surface area contributed by atoms with Gasteiger partial charge in [0, 0.05) is 28.9 Å². The molecule has 8 aliphatic carbocycles. The molecule has 0 radical (unpaired) electrons. The van der Waals surface area contributed by atoms with E-state index in [0.717, 1.165) is 24.2 Å². The van der Waals surface area contributed by atoms with Crippen molar-refractivity contribution < 1.29 is 0 Å². The molecule has 0 saturated heterocycles. The maximum Gasteiger partial charge on any atom is 0.0726 e. The minimum atomic E-state index is -0.483. The Kier molecular flexibility index (Phi) is 7.95. The van der Waals surface area contributed by atoms with Crippen LogP contribution in [0.3, 0.4) is 0 Å². The highest BCUT2D eigenvalue weighted by atomic mass is 15.1. The van der Waals surface area contributed by atoms with Crippen LogP contribution in [0.25, 0.3) is 50.1 Å². The third kappa shape index (κ3) is 4.73. The molecule has 10 aromatic carbocycles. The van der Waals surface area contributed by atoms with E-state index in [1.165, 1.54) is 128 Å². The van der Waals surface area contributed by atoms with E-state index in [1.54, 1.807) is 0 Å². The Morgan fingerprint density at radius 2 is 0.737 bits per heavy atom. The SMILES string of the molecule is C1=CC2c3ccc(N(c4ccc5c(c4)C4(C6=C5CCC=C6)c5ccccc5-c5ccccc54)c4ccc5c(c4)C4(c6ccccc6-c6ccccc64)c4ccccc4-5)cc3C3(c4ccccc4-c4ccccc43)C2C=C1. The Labute approximate surface area is 443 Å². The van der Waals surface area contributed by atoms with Crippen molar-refractivity contribution in [3.63, 3.8) is 0 Å². The molecule has 2 unspecified atom stereocenters. The monoisotopic (exact) mass is 963 g/mol. The quantitative estimate of drug-likeness (QED) is 0.171. The Bertz CT molecular complexity index is 4240. The van der Waals surface area contributed by atoms with Gasteiger partial charge in [-0.05, 0) is 172 Å². The molecular formula is C75H49N. The van der Waals surface area contributed by atoms with E-state index < -0.39 is 10.8 Å². The third-order valence-corrected chi connectivity index (χ3v) is 19.5. The van der Waals surface area contributed by atoms with E-state index in [9.17, 15) is 0 Å². The second-order valence-electron chi connectivity index (χ2n) is 22.3. The normalized spacial score (nSPS) is 19.1. The van der Waals surface area contributed by atoms with E-state index in [-0.39, 0.29) is 17.3 Å². The zero-order chi connectivity index (χ0) is 49.5. The van der Waals surface area contributed by atoms with Gasteiger partial charge in [0.2, 0.25) is 0 Å². The van der Waals surface area contributed by atoms with Gasteiger partial charge in [-0.1, -0.05) is 225 Å². The number of anilines is 3. The lowest BCUT2D eigenvalue weighted by atomic mass is 9.65. The highest BCUT2D eigenvalue weighted by molar-refractivity contribution is 5.99. The predicted molar refractivity (Wildman–Crippen MR) is 311 cm³/mol. The first-order valence-electron chi connectivity index (χ1n) is 27.4. The minimum absolute atomic E-state index is 0.231. The van der Waals surface area contributed by atoms with Crippen LogP contribution in [0.2, 0.25) is 0 Å². The van der Waals surface area contributed by atoms with Gasteiger partial charge in [-0.3, -0.25) is 0 Å². The minimum Gasteiger partial charge on any atom is -0.310 e. The molecule has 0 fully saturated rings. The first-order chi connectivity index (χ1) is 37.7. The molecule has 8 aliphatic rings. The van der Waals surface area contributed by atoms with Crippen LogP contribution in [-0.2, 0) is 16.2 Å². The van der Waals surface area contributed by atoms with E-state index >= 15 is 0 Å². The highest BCUT2D eigenvalue weighted by Crippen LogP contribution is 2.68. The maximum absolute atomic E-state index is 2.63. The molecule has 18 rings (SSSR count). The number of allylic oxidation sites excluding steroid dienone is 8. The van der Waals surface area contributed by atoms with Crippen LogP contribution in [0.15, 0.2) is 266 Å². The lowest BCUT2D eigenvalue weighted by Gasteiger charge is -2.37. The van der Waals surface area contributed by atoms with Crippen LogP contribution in [0.4, 0.5) is 17.1 Å². The van der Waals surface area contributed by atoms with Gasteiger partial charge in [0.1, 0.15) is 0 Å². The summed E-state index contributed by atoms with van der Waals surface area (Å²) in [7, 11) is 0.